The van der Waals surface area contributed by atoms with Gasteiger partial charge in [-0.3, -0.25) is 9.59 Å². The van der Waals surface area contributed by atoms with Gasteiger partial charge in [-0.25, -0.2) is 0 Å². The summed E-state index contributed by atoms with van der Waals surface area (Å²) < 4.78 is 0. The highest BCUT2D eigenvalue weighted by Gasteiger charge is 2.31. The molecule has 4 nitrogen and oxygen atoms in total. The van der Waals surface area contributed by atoms with Crippen molar-refractivity contribution >= 4 is 11.7 Å². The van der Waals surface area contributed by atoms with E-state index in [1.165, 1.54) is 0 Å². The van der Waals surface area contributed by atoms with Crippen LogP contribution in [-0.4, -0.2) is 40.9 Å². The molecule has 1 heterocycles. The highest BCUT2D eigenvalue weighted by molar-refractivity contribution is 6.15. The van der Waals surface area contributed by atoms with Gasteiger partial charge in [-0.2, -0.15) is 0 Å². The molecule has 0 aromatic heterocycles. The second-order valence-electron chi connectivity index (χ2n) is 6.78. The number of aliphatic hydroxyl groups is 1. The molecule has 0 radical (unpaired) electrons. The highest BCUT2D eigenvalue weighted by Crippen LogP contribution is 2.23. The predicted molar refractivity (Wildman–Crippen MR) is 96.7 cm³/mol. The van der Waals surface area contributed by atoms with Crippen LogP contribution in [0.25, 0.3) is 0 Å². The molecule has 2 aromatic carbocycles. The third-order valence-electron chi connectivity index (χ3n) is 4.91. The molecule has 0 saturated carbocycles. The molecule has 0 aliphatic carbocycles. The molecule has 2 unspecified atom stereocenters. The second kappa shape index (κ2) is 7.19. The number of nitrogens with zero attached hydrogens (tertiary/aromatic N) is 1. The largest absolute Gasteiger partial charge is 0.393 e. The van der Waals surface area contributed by atoms with Crippen LogP contribution in [0.5, 0.6) is 0 Å². The highest BCUT2D eigenvalue weighted by atomic mass is 16.3. The molecule has 3 rings (SSSR count). The van der Waals surface area contributed by atoms with Crippen molar-refractivity contribution in [3.05, 3.63) is 70.8 Å². The van der Waals surface area contributed by atoms with Crippen molar-refractivity contribution in [3.63, 3.8) is 0 Å². The molecular formula is C21H23NO3. The first kappa shape index (κ1) is 17.4. The van der Waals surface area contributed by atoms with Gasteiger partial charge >= 0.3 is 0 Å². The van der Waals surface area contributed by atoms with Crippen LogP contribution in [0.3, 0.4) is 0 Å². The Balaban J connectivity index is 1.87. The zero-order valence-corrected chi connectivity index (χ0v) is 14.6. The Labute approximate surface area is 148 Å². The van der Waals surface area contributed by atoms with E-state index in [1.807, 2.05) is 19.1 Å². The Bertz CT molecular complexity index is 780. The summed E-state index contributed by atoms with van der Waals surface area (Å²) >= 11 is 0. The topological polar surface area (TPSA) is 57.6 Å². The summed E-state index contributed by atoms with van der Waals surface area (Å²) in [6.07, 6.45) is 0.361. The molecule has 1 fully saturated rings. The molecule has 1 N–H and O–H groups in total. The first-order valence-electron chi connectivity index (χ1n) is 8.65. The summed E-state index contributed by atoms with van der Waals surface area (Å²) in [7, 11) is 0. The average molecular weight is 337 g/mol. The summed E-state index contributed by atoms with van der Waals surface area (Å²) in [4.78, 5) is 27.5. The lowest BCUT2D eigenvalue weighted by Crippen LogP contribution is -2.31. The fraction of sp³-hybridized carbons (Fsp3) is 0.333. The van der Waals surface area contributed by atoms with Crippen LogP contribution in [0.2, 0.25) is 0 Å². The number of hydrogen-bond donors (Lipinski definition) is 1. The maximum Gasteiger partial charge on any atom is 0.254 e. The van der Waals surface area contributed by atoms with Crippen molar-refractivity contribution in [2.45, 2.75) is 26.4 Å². The molecule has 1 aliphatic heterocycles. The van der Waals surface area contributed by atoms with Crippen LogP contribution in [0.4, 0.5) is 0 Å². The molecule has 1 aliphatic rings. The average Bonchev–Trinajstić information content (AvgIpc) is 3.11. The van der Waals surface area contributed by atoms with Crippen molar-refractivity contribution in [3.8, 4) is 0 Å². The molecule has 1 amide bonds. The van der Waals surface area contributed by atoms with Crippen molar-refractivity contribution in [2.75, 3.05) is 13.1 Å². The van der Waals surface area contributed by atoms with E-state index in [1.54, 1.807) is 48.2 Å². The lowest BCUT2D eigenvalue weighted by Gasteiger charge is -2.19. The monoisotopic (exact) mass is 337 g/mol. The molecule has 0 spiro atoms. The zero-order chi connectivity index (χ0) is 18.0. The molecule has 2 aromatic rings. The van der Waals surface area contributed by atoms with Crippen molar-refractivity contribution < 1.29 is 14.7 Å². The Morgan fingerprint density at radius 2 is 1.72 bits per heavy atom. The molecule has 0 bridgehead atoms. The van der Waals surface area contributed by atoms with Crippen LogP contribution < -0.4 is 0 Å². The number of aliphatic hydroxyl groups excluding tert-OH is 1. The summed E-state index contributed by atoms with van der Waals surface area (Å²) in [6, 6.07) is 14.3. The summed E-state index contributed by atoms with van der Waals surface area (Å²) in [5.74, 6) is -0.182. The Hall–Kier alpha value is -2.46. The van der Waals surface area contributed by atoms with Crippen LogP contribution >= 0.6 is 0 Å². The lowest BCUT2D eigenvalue weighted by atomic mass is 9.97. The maximum atomic E-state index is 12.9. The van der Waals surface area contributed by atoms with Crippen LogP contribution in [0.1, 0.15) is 45.2 Å². The third-order valence-corrected chi connectivity index (χ3v) is 4.91. The van der Waals surface area contributed by atoms with Gasteiger partial charge in [-0.05, 0) is 26.3 Å². The number of benzene rings is 2. The molecular weight excluding hydrogens is 314 g/mol. The molecule has 130 valence electrons. The molecule has 25 heavy (non-hydrogen) atoms. The second-order valence-corrected chi connectivity index (χ2v) is 6.78. The summed E-state index contributed by atoms with van der Waals surface area (Å²) in [6.45, 7) is 4.87. The molecule has 1 saturated heterocycles. The van der Waals surface area contributed by atoms with E-state index in [0.29, 0.717) is 29.8 Å². The van der Waals surface area contributed by atoms with Crippen LogP contribution in [0, 0.1) is 12.8 Å². The molecule has 2 atom stereocenters. The first-order chi connectivity index (χ1) is 12.0. The number of carbonyl (C=O) groups excluding carboxylic acids is 2. The van der Waals surface area contributed by atoms with E-state index >= 15 is 0 Å². The van der Waals surface area contributed by atoms with Crippen LogP contribution in [-0.2, 0) is 0 Å². The SMILES string of the molecule is Cc1ccc(C(=O)c2ccccc2C(=O)N2CCC(C(C)O)C2)cc1. The number of carbonyl (C=O) groups is 2. The lowest BCUT2D eigenvalue weighted by molar-refractivity contribution is 0.0758. The van der Waals surface area contributed by atoms with E-state index in [2.05, 4.69) is 0 Å². The van der Waals surface area contributed by atoms with E-state index < -0.39 is 6.10 Å². The third kappa shape index (κ3) is 3.64. The van der Waals surface area contributed by atoms with Gasteiger partial charge in [0.1, 0.15) is 0 Å². The van der Waals surface area contributed by atoms with Gasteiger partial charge in [0.05, 0.1) is 11.7 Å². The number of aryl methyl sites for hydroxylation is 1. The maximum absolute atomic E-state index is 12.9. The first-order valence-corrected chi connectivity index (χ1v) is 8.65. The van der Waals surface area contributed by atoms with E-state index in [4.69, 9.17) is 0 Å². The van der Waals surface area contributed by atoms with Crippen molar-refractivity contribution in [1.82, 2.24) is 4.90 Å². The smallest absolute Gasteiger partial charge is 0.254 e. The quantitative estimate of drug-likeness (QED) is 0.872. The predicted octanol–water partition coefficient (Wildman–Crippen LogP) is 3.07. The molecule has 4 heteroatoms. The van der Waals surface area contributed by atoms with Crippen molar-refractivity contribution in [1.29, 1.82) is 0 Å². The van der Waals surface area contributed by atoms with Gasteiger partial charge in [0.25, 0.3) is 5.91 Å². The van der Waals surface area contributed by atoms with Crippen molar-refractivity contribution in [2.24, 2.45) is 5.92 Å². The zero-order valence-electron chi connectivity index (χ0n) is 14.6. The Morgan fingerprint density at radius 3 is 2.32 bits per heavy atom. The number of likely N-dealkylation sites (tertiary alicyclic amines) is 1. The van der Waals surface area contributed by atoms with E-state index in [-0.39, 0.29) is 17.6 Å². The summed E-state index contributed by atoms with van der Waals surface area (Å²) in [5, 5.41) is 9.74. The van der Waals surface area contributed by atoms with Gasteiger partial charge in [0, 0.05) is 30.1 Å². The van der Waals surface area contributed by atoms with Gasteiger partial charge in [-0.1, -0.05) is 48.0 Å². The van der Waals surface area contributed by atoms with Crippen LogP contribution in [0.15, 0.2) is 48.5 Å². The minimum atomic E-state index is -0.428. The minimum absolute atomic E-state index is 0.101. The number of ketones is 1. The Kier molecular flexibility index (Phi) is 5.00. The number of hydrogen-bond acceptors (Lipinski definition) is 3. The van der Waals surface area contributed by atoms with Gasteiger partial charge < -0.3 is 10.0 Å². The van der Waals surface area contributed by atoms with Gasteiger partial charge in [-0.15, -0.1) is 0 Å². The summed E-state index contributed by atoms with van der Waals surface area (Å²) in [5.41, 5.74) is 2.52. The fourth-order valence-corrected chi connectivity index (χ4v) is 3.26. The van der Waals surface area contributed by atoms with E-state index in [9.17, 15) is 14.7 Å². The minimum Gasteiger partial charge on any atom is -0.393 e. The van der Waals surface area contributed by atoms with Gasteiger partial charge in [0.15, 0.2) is 5.78 Å². The standard InChI is InChI=1S/C21H23NO3/c1-14-7-9-16(10-8-14)20(24)18-5-3-4-6-19(18)21(25)22-12-11-17(13-22)15(2)23/h3-10,15,17,23H,11-13H2,1-2H3. The van der Waals surface area contributed by atoms with Gasteiger partial charge in [0.2, 0.25) is 0 Å². The normalized spacial score (nSPS) is 18.2. The Morgan fingerprint density at radius 1 is 1.08 bits per heavy atom. The number of amides is 1. The van der Waals surface area contributed by atoms with E-state index in [0.717, 1.165) is 12.0 Å². The number of rotatable bonds is 4. The fourth-order valence-electron chi connectivity index (χ4n) is 3.26.